The number of carbonyl (C=O) groups is 2. The molecule has 0 aliphatic heterocycles. The predicted octanol–water partition coefficient (Wildman–Crippen LogP) is 6.50. The highest BCUT2D eigenvalue weighted by Gasteiger charge is 2.34. The van der Waals surface area contributed by atoms with E-state index in [1.165, 1.54) is 24.1 Å². The van der Waals surface area contributed by atoms with Gasteiger partial charge in [-0.1, -0.05) is 83.4 Å². The summed E-state index contributed by atoms with van der Waals surface area (Å²) in [4.78, 5) is 29.2. The smallest absolute Gasteiger partial charge is 0.264 e. The summed E-state index contributed by atoms with van der Waals surface area (Å²) in [6, 6.07) is 25.1. The lowest BCUT2D eigenvalue weighted by molar-refractivity contribution is -0.139. The van der Waals surface area contributed by atoms with Crippen molar-refractivity contribution in [3.8, 4) is 0 Å². The first kappa shape index (κ1) is 33.1. The van der Waals surface area contributed by atoms with Gasteiger partial charge in [-0.25, -0.2) is 8.42 Å². The van der Waals surface area contributed by atoms with Crippen LogP contribution in [0.25, 0.3) is 0 Å². The maximum atomic E-state index is 14.4. The first-order chi connectivity index (χ1) is 20.9. The fourth-order valence-corrected chi connectivity index (χ4v) is 6.53. The monoisotopic (exact) mass is 651 g/mol. The van der Waals surface area contributed by atoms with E-state index in [0.29, 0.717) is 21.3 Å². The second kappa shape index (κ2) is 14.3. The molecular weight excluding hydrogens is 617 g/mol. The zero-order valence-electron chi connectivity index (χ0n) is 25.1. The van der Waals surface area contributed by atoms with Gasteiger partial charge in [-0.2, -0.15) is 0 Å². The number of halogens is 2. The van der Waals surface area contributed by atoms with Crippen molar-refractivity contribution < 1.29 is 18.0 Å². The largest absolute Gasteiger partial charge is 0.357 e. The number of hydrogen-bond acceptors (Lipinski definition) is 4. The van der Waals surface area contributed by atoms with Crippen LogP contribution in [0.2, 0.25) is 10.0 Å². The molecule has 2 amide bonds. The summed E-state index contributed by atoms with van der Waals surface area (Å²) in [5.74, 6) is -0.948. The number of benzene rings is 4. The fourth-order valence-electron chi connectivity index (χ4n) is 4.80. The third-order valence-electron chi connectivity index (χ3n) is 7.52. The molecule has 0 spiro atoms. The summed E-state index contributed by atoms with van der Waals surface area (Å²) >= 11 is 12.5. The van der Waals surface area contributed by atoms with Crippen LogP contribution in [0.1, 0.15) is 27.8 Å². The molecule has 1 atom stereocenters. The minimum Gasteiger partial charge on any atom is -0.357 e. The number of nitrogens with one attached hydrogen (secondary N) is 1. The maximum absolute atomic E-state index is 14.4. The summed E-state index contributed by atoms with van der Waals surface area (Å²) < 4.78 is 29.4. The predicted molar refractivity (Wildman–Crippen MR) is 177 cm³/mol. The Balaban J connectivity index is 1.81. The molecule has 7 nitrogen and oxygen atoms in total. The van der Waals surface area contributed by atoms with Gasteiger partial charge in [-0.15, -0.1) is 0 Å². The topological polar surface area (TPSA) is 86.8 Å². The molecule has 230 valence electrons. The van der Waals surface area contributed by atoms with Crippen LogP contribution in [-0.2, 0) is 32.6 Å². The molecule has 0 fully saturated rings. The molecular formula is C34H35Cl2N3O4S. The first-order valence-electron chi connectivity index (χ1n) is 14.1. The van der Waals surface area contributed by atoms with Crippen molar-refractivity contribution in [1.82, 2.24) is 10.2 Å². The van der Waals surface area contributed by atoms with Gasteiger partial charge in [-0.05, 0) is 79.4 Å². The second-order valence-electron chi connectivity index (χ2n) is 10.7. The molecule has 0 heterocycles. The standard InChI is InChI=1S/C34H35Cl2N3O4S/c1-23-10-15-29(16-11-23)44(42,43)39(28-14-12-24(2)25(3)18-28)22-33(40)38(21-27-13-17-30(35)31(36)19-27)32(34(41)37-4)20-26-8-6-5-7-9-26/h5-19,32H,20-22H2,1-4H3,(H,37,41)/t32-/m1/s1. The minimum atomic E-state index is -4.18. The van der Waals surface area contributed by atoms with E-state index < -0.39 is 28.5 Å². The number of nitrogens with zero attached hydrogens (tertiary/aromatic N) is 2. The quantitative estimate of drug-likeness (QED) is 0.201. The van der Waals surface area contributed by atoms with E-state index in [1.807, 2.05) is 57.2 Å². The van der Waals surface area contributed by atoms with Crippen molar-refractivity contribution in [3.63, 3.8) is 0 Å². The Morgan fingerprint density at radius 2 is 1.48 bits per heavy atom. The summed E-state index contributed by atoms with van der Waals surface area (Å²) in [6.07, 6.45) is 0.210. The van der Waals surface area contributed by atoms with Crippen LogP contribution < -0.4 is 9.62 Å². The Bertz CT molecular complexity index is 1750. The number of hydrogen-bond donors (Lipinski definition) is 1. The van der Waals surface area contributed by atoms with Gasteiger partial charge in [0.1, 0.15) is 12.6 Å². The first-order valence-corrected chi connectivity index (χ1v) is 16.3. The highest BCUT2D eigenvalue weighted by atomic mass is 35.5. The fraction of sp³-hybridized carbons (Fsp3) is 0.235. The Kier molecular flexibility index (Phi) is 10.7. The molecule has 44 heavy (non-hydrogen) atoms. The molecule has 4 aromatic rings. The molecule has 0 aromatic heterocycles. The molecule has 0 unspecified atom stereocenters. The van der Waals surface area contributed by atoms with Crippen LogP contribution in [0.15, 0.2) is 95.9 Å². The van der Waals surface area contributed by atoms with Crippen LogP contribution in [-0.4, -0.2) is 44.8 Å². The molecule has 10 heteroatoms. The van der Waals surface area contributed by atoms with Gasteiger partial charge in [0.15, 0.2) is 0 Å². The highest BCUT2D eigenvalue weighted by molar-refractivity contribution is 7.92. The van der Waals surface area contributed by atoms with Crippen molar-refractivity contribution >= 4 is 50.7 Å². The molecule has 1 N–H and O–H groups in total. The number of rotatable bonds is 11. The van der Waals surface area contributed by atoms with E-state index in [-0.39, 0.29) is 23.8 Å². The zero-order chi connectivity index (χ0) is 32.0. The van der Waals surface area contributed by atoms with Crippen LogP contribution >= 0.6 is 23.2 Å². The van der Waals surface area contributed by atoms with Crippen molar-refractivity contribution in [3.05, 3.63) is 129 Å². The van der Waals surface area contributed by atoms with Gasteiger partial charge in [0.2, 0.25) is 11.8 Å². The normalized spacial score (nSPS) is 12.0. The third kappa shape index (κ3) is 7.80. The van der Waals surface area contributed by atoms with Crippen LogP contribution in [0.3, 0.4) is 0 Å². The van der Waals surface area contributed by atoms with Crippen LogP contribution in [0, 0.1) is 20.8 Å². The summed E-state index contributed by atoms with van der Waals surface area (Å²) in [5.41, 5.74) is 4.58. The lowest BCUT2D eigenvalue weighted by atomic mass is 10.0. The van der Waals surface area contributed by atoms with E-state index >= 15 is 0 Å². The van der Waals surface area contributed by atoms with Gasteiger partial charge in [0.05, 0.1) is 20.6 Å². The van der Waals surface area contributed by atoms with E-state index in [1.54, 1.807) is 42.5 Å². The van der Waals surface area contributed by atoms with Crippen LogP contribution in [0.5, 0.6) is 0 Å². The lowest BCUT2D eigenvalue weighted by Gasteiger charge is -2.33. The van der Waals surface area contributed by atoms with Crippen molar-refractivity contribution in [2.45, 2.75) is 44.7 Å². The van der Waals surface area contributed by atoms with Crippen LogP contribution in [0.4, 0.5) is 5.69 Å². The van der Waals surface area contributed by atoms with Crippen molar-refractivity contribution in [2.75, 3.05) is 17.9 Å². The summed E-state index contributed by atoms with van der Waals surface area (Å²) in [6.45, 7) is 5.14. The Hall–Kier alpha value is -3.85. The number of anilines is 1. The molecule has 0 saturated carbocycles. The minimum absolute atomic E-state index is 0.00795. The summed E-state index contributed by atoms with van der Waals surface area (Å²) in [7, 11) is -2.67. The average molecular weight is 653 g/mol. The average Bonchev–Trinajstić information content (AvgIpc) is 3.01. The number of aryl methyl sites for hydroxylation is 3. The molecule has 0 aliphatic rings. The SMILES string of the molecule is CNC(=O)[C@@H](Cc1ccccc1)N(Cc1ccc(Cl)c(Cl)c1)C(=O)CN(c1ccc(C)c(C)c1)S(=O)(=O)c1ccc(C)cc1. The Morgan fingerprint density at radius 3 is 2.09 bits per heavy atom. The highest BCUT2D eigenvalue weighted by Crippen LogP contribution is 2.28. The number of amides is 2. The van der Waals surface area contributed by atoms with E-state index in [2.05, 4.69) is 5.32 Å². The molecule has 0 bridgehead atoms. The van der Waals surface area contributed by atoms with E-state index in [0.717, 1.165) is 26.6 Å². The molecule has 0 aliphatic carbocycles. The molecule has 0 radical (unpaired) electrons. The number of carbonyl (C=O) groups excluding carboxylic acids is 2. The van der Waals surface area contributed by atoms with Gasteiger partial charge in [0.25, 0.3) is 10.0 Å². The Labute approximate surface area is 269 Å². The maximum Gasteiger partial charge on any atom is 0.264 e. The van der Waals surface area contributed by atoms with E-state index in [4.69, 9.17) is 23.2 Å². The molecule has 0 saturated heterocycles. The molecule has 4 rings (SSSR count). The lowest BCUT2D eigenvalue weighted by Crippen LogP contribution is -2.53. The molecule has 4 aromatic carbocycles. The second-order valence-corrected chi connectivity index (χ2v) is 13.4. The zero-order valence-corrected chi connectivity index (χ0v) is 27.4. The number of likely N-dealkylation sites (N-methyl/N-ethyl adjacent to an activating group) is 1. The number of sulfonamides is 1. The Morgan fingerprint density at radius 1 is 0.795 bits per heavy atom. The van der Waals surface area contributed by atoms with Gasteiger partial charge in [0, 0.05) is 20.0 Å². The van der Waals surface area contributed by atoms with E-state index in [9.17, 15) is 18.0 Å². The van der Waals surface area contributed by atoms with Crippen molar-refractivity contribution in [1.29, 1.82) is 0 Å². The van der Waals surface area contributed by atoms with Crippen molar-refractivity contribution in [2.24, 2.45) is 0 Å². The summed E-state index contributed by atoms with van der Waals surface area (Å²) in [5, 5.41) is 3.33. The van der Waals surface area contributed by atoms with Gasteiger partial charge < -0.3 is 10.2 Å². The third-order valence-corrected chi connectivity index (χ3v) is 10.0. The van der Waals surface area contributed by atoms with Gasteiger partial charge >= 0.3 is 0 Å². The van der Waals surface area contributed by atoms with Gasteiger partial charge in [-0.3, -0.25) is 13.9 Å².